The maximum Gasteiger partial charge on any atom is 0.240 e. The zero-order chi connectivity index (χ0) is 17.7. The van der Waals surface area contributed by atoms with Gasteiger partial charge >= 0.3 is 0 Å². The van der Waals surface area contributed by atoms with E-state index in [-0.39, 0.29) is 11.7 Å². The van der Waals surface area contributed by atoms with Crippen molar-refractivity contribution in [2.75, 3.05) is 5.73 Å². The molecular weight excluding hydrogens is 324 g/mol. The Bertz CT molecular complexity index is 1310. The number of phenolic OH excluding ortho intramolecular Hbond substituents is 1. The molecule has 0 unspecified atom stereocenters. The van der Waals surface area contributed by atoms with E-state index in [1.54, 1.807) is 6.07 Å². The zero-order valence-electron chi connectivity index (χ0n) is 13.7. The van der Waals surface area contributed by atoms with Crippen molar-refractivity contribution in [3.05, 3.63) is 66.7 Å². The maximum absolute atomic E-state index is 10.7. The van der Waals surface area contributed by atoms with Gasteiger partial charge in [-0.05, 0) is 33.9 Å². The van der Waals surface area contributed by atoms with Crippen LogP contribution in [0.1, 0.15) is 0 Å². The highest BCUT2D eigenvalue weighted by molar-refractivity contribution is 6.15. The highest BCUT2D eigenvalue weighted by Crippen LogP contribution is 2.41. The quantitative estimate of drug-likeness (QED) is 0.445. The number of anilines is 1. The third-order valence-electron chi connectivity index (χ3n) is 4.66. The van der Waals surface area contributed by atoms with E-state index in [2.05, 4.69) is 15.2 Å². The number of fused-ring (bicyclic) bond motifs is 4. The lowest BCUT2D eigenvalue weighted by molar-refractivity contribution is 0.478. The van der Waals surface area contributed by atoms with Gasteiger partial charge in [0.05, 0.1) is 0 Å². The molecule has 0 saturated carbocycles. The molecule has 3 N–H and O–H groups in total. The molecule has 5 nitrogen and oxygen atoms in total. The number of nitrogens with zero attached hydrogens (tertiary/aromatic N) is 3. The summed E-state index contributed by atoms with van der Waals surface area (Å²) in [5.74, 6) is 0.368. The minimum Gasteiger partial charge on any atom is -0.507 e. The summed E-state index contributed by atoms with van der Waals surface area (Å²) in [4.78, 5) is 4.37. The zero-order valence-corrected chi connectivity index (χ0v) is 13.7. The molecule has 0 saturated heterocycles. The van der Waals surface area contributed by atoms with Gasteiger partial charge in [-0.15, -0.1) is 10.2 Å². The monoisotopic (exact) mass is 338 g/mol. The normalized spacial score (nSPS) is 11.4. The van der Waals surface area contributed by atoms with Crippen molar-refractivity contribution in [2.24, 2.45) is 0 Å². The lowest BCUT2D eigenvalue weighted by Gasteiger charge is -2.13. The van der Waals surface area contributed by atoms with Gasteiger partial charge in [0.2, 0.25) is 5.95 Å². The molecule has 5 aromatic rings. The summed E-state index contributed by atoms with van der Waals surface area (Å²) in [6.45, 7) is 0. The van der Waals surface area contributed by atoms with Crippen molar-refractivity contribution in [2.45, 2.75) is 0 Å². The molecule has 0 fully saturated rings. The van der Waals surface area contributed by atoms with E-state index in [0.29, 0.717) is 11.0 Å². The number of hydrogen-bond acceptors (Lipinski definition) is 5. The second-order valence-electron chi connectivity index (χ2n) is 6.19. The molecule has 1 aromatic heterocycles. The van der Waals surface area contributed by atoms with Crippen molar-refractivity contribution in [1.82, 2.24) is 15.2 Å². The maximum atomic E-state index is 10.7. The Hall–Kier alpha value is -3.73. The fourth-order valence-electron chi connectivity index (χ4n) is 3.53. The van der Waals surface area contributed by atoms with Crippen molar-refractivity contribution < 1.29 is 5.11 Å². The van der Waals surface area contributed by atoms with Gasteiger partial charge < -0.3 is 10.8 Å². The van der Waals surface area contributed by atoms with E-state index in [1.165, 1.54) is 0 Å². The van der Waals surface area contributed by atoms with Crippen LogP contribution in [0.25, 0.3) is 43.7 Å². The summed E-state index contributed by atoms with van der Waals surface area (Å²) >= 11 is 0. The number of rotatable bonds is 1. The van der Waals surface area contributed by atoms with Gasteiger partial charge in [0.1, 0.15) is 16.8 Å². The van der Waals surface area contributed by atoms with Crippen molar-refractivity contribution in [3.63, 3.8) is 0 Å². The third kappa shape index (κ3) is 2.07. The minimum atomic E-state index is 0.142. The molecule has 4 aromatic carbocycles. The van der Waals surface area contributed by atoms with Gasteiger partial charge in [0.25, 0.3) is 0 Å². The molecule has 0 spiro atoms. The Morgan fingerprint density at radius 2 is 1.50 bits per heavy atom. The Balaban J connectivity index is 2.00. The first kappa shape index (κ1) is 14.6. The molecule has 5 rings (SSSR count). The number of benzene rings is 4. The smallest absolute Gasteiger partial charge is 0.240 e. The lowest BCUT2D eigenvalue weighted by atomic mass is 9.92. The van der Waals surface area contributed by atoms with Crippen LogP contribution >= 0.6 is 0 Å². The van der Waals surface area contributed by atoms with Crippen LogP contribution in [-0.2, 0) is 0 Å². The van der Waals surface area contributed by atoms with Crippen LogP contribution in [0.15, 0.2) is 66.7 Å². The molecule has 0 aliphatic heterocycles. The average molecular weight is 338 g/mol. The highest BCUT2D eigenvalue weighted by atomic mass is 16.3. The largest absolute Gasteiger partial charge is 0.507 e. The van der Waals surface area contributed by atoms with Crippen LogP contribution in [0.5, 0.6) is 5.75 Å². The van der Waals surface area contributed by atoms with E-state index >= 15 is 0 Å². The Labute approximate surface area is 148 Å². The molecule has 1 heterocycles. The molecule has 0 radical (unpaired) electrons. The molecule has 0 atom stereocenters. The van der Waals surface area contributed by atoms with E-state index in [0.717, 1.165) is 32.7 Å². The van der Waals surface area contributed by atoms with Crippen LogP contribution in [0.4, 0.5) is 5.95 Å². The fraction of sp³-hybridized carbons (Fsp3) is 0. The predicted molar refractivity (Wildman–Crippen MR) is 104 cm³/mol. The first-order valence-electron chi connectivity index (χ1n) is 8.25. The van der Waals surface area contributed by atoms with Crippen LogP contribution in [-0.4, -0.2) is 20.3 Å². The molecule has 124 valence electrons. The van der Waals surface area contributed by atoms with Gasteiger partial charge in [-0.2, -0.15) is 0 Å². The summed E-state index contributed by atoms with van der Waals surface area (Å²) in [7, 11) is 0. The summed E-state index contributed by atoms with van der Waals surface area (Å²) < 4.78 is 0. The molecule has 0 aliphatic rings. The molecular formula is C21H14N4O. The van der Waals surface area contributed by atoms with Crippen LogP contribution in [0.3, 0.4) is 0 Å². The second kappa shape index (κ2) is 5.39. The topological polar surface area (TPSA) is 84.9 Å². The van der Waals surface area contributed by atoms with E-state index in [1.807, 2.05) is 60.7 Å². The van der Waals surface area contributed by atoms with Gasteiger partial charge in [-0.25, -0.2) is 4.98 Å². The van der Waals surface area contributed by atoms with Crippen LogP contribution in [0.2, 0.25) is 0 Å². The summed E-state index contributed by atoms with van der Waals surface area (Å²) in [6, 6.07) is 21.5. The number of phenols is 1. The molecule has 5 heteroatoms. The first-order chi connectivity index (χ1) is 12.7. The molecule has 0 bridgehead atoms. The third-order valence-corrected chi connectivity index (χ3v) is 4.66. The average Bonchev–Trinajstić information content (AvgIpc) is 2.68. The van der Waals surface area contributed by atoms with Gasteiger partial charge in [-0.1, -0.05) is 54.6 Å². The standard InChI is InChI=1S/C21H14N4O/c22-21-23-20-15-8-4-3-7-14(15)16(11-17(20)24-25-21)19-13-6-2-1-5-12(13)9-10-18(19)26/h1-11,26H,(H2,22,23,25). The number of nitrogens with two attached hydrogens (primary N) is 1. The van der Waals surface area contributed by atoms with Crippen LogP contribution < -0.4 is 5.73 Å². The van der Waals surface area contributed by atoms with Crippen molar-refractivity contribution in [1.29, 1.82) is 0 Å². The SMILES string of the molecule is Nc1nnc2cc(-c3c(O)ccc4ccccc34)c3ccccc3c2n1. The predicted octanol–water partition coefficient (Wildman–Crippen LogP) is 4.29. The summed E-state index contributed by atoms with van der Waals surface area (Å²) in [6.07, 6.45) is 0. The summed E-state index contributed by atoms with van der Waals surface area (Å²) in [5.41, 5.74) is 8.75. The van der Waals surface area contributed by atoms with Gasteiger partial charge in [0.15, 0.2) is 0 Å². The first-order valence-corrected chi connectivity index (χ1v) is 8.25. The molecule has 0 amide bonds. The van der Waals surface area contributed by atoms with E-state index in [9.17, 15) is 5.11 Å². The molecule has 26 heavy (non-hydrogen) atoms. The highest BCUT2D eigenvalue weighted by Gasteiger charge is 2.16. The Morgan fingerprint density at radius 3 is 2.35 bits per heavy atom. The lowest BCUT2D eigenvalue weighted by Crippen LogP contribution is -1.99. The van der Waals surface area contributed by atoms with Gasteiger partial charge in [-0.3, -0.25) is 0 Å². The molecule has 0 aliphatic carbocycles. The number of nitrogen functional groups attached to an aromatic ring is 1. The van der Waals surface area contributed by atoms with Crippen LogP contribution in [0, 0.1) is 0 Å². The Kier molecular flexibility index (Phi) is 3.03. The Morgan fingerprint density at radius 1 is 0.769 bits per heavy atom. The second-order valence-corrected chi connectivity index (χ2v) is 6.19. The number of hydrogen-bond donors (Lipinski definition) is 2. The van der Waals surface area contributed by atoms with E-state index < -0.39 is 0 Å². The van der Waals surface area contributed by atoms with E-state index in [4.69, 9.17) is 5.73 Å². The summed E-state index contributed by atoms with van der Waals surface area (Å²) in [5, 5.41) is 22.7. The van der Waals surface area contributed by atoms with Gasteiger partial charge in [0, 0.05) is 10.9 Å². The minimum absolute atomic E-state index is 0.142. The number of aromatic hydroxyl groups is 1. The fourth-order valence-corrected chi connectivity index (χ4v) is 3.53. The number of aromatic nitrogens is 3. The van der Waals surface area contributed by atoms with Crippen molar-refractivity contribution >= 4 is 38.5 Å². The van der Waals surface area contributed by atoms with Crippen molar-refractivity contribution in [3.8, 4) is 16.9 Å².